The van der Waals surface area contributed by atoms with Crippen molar-refractivity contribution in [3.8, 4) is 11.5 Å². The van der Waals surface area contributed by atoms with Gasteiger partial charge in [0, 0.05) is 18.2 Å². The van der Waals surface area contributed by atoms with E-state index in [0.717, 1.165) is 0 Å². The molecule has 94 valence electrons. The Balaban J connectivity index is 2.88. The molecule has 0 heterocycles. The number of aromatic hydroxyl groups is 2. The van der Waals surface area contributed by atoms with E-state index in [2.05, 4.69) is 0 Å². The van der Waals surface area contributed by atoms with Crippen molar-refractivity contribution in [2.24, 2.45) is 0 Å². The van der Waals surface area contributed by atoms with E-state index < -0.39 is 11.5 Å². The van der Waals surface area contributed by atoms with Crippen LogP contribution in [0.1, 0.15) is 19.4 Å². The first-order chi connectivity index (χ1) is 7.75. The molecule has 1 rings (SSSR count). The van der Waals surface area contributed by atoms with Gasteiger partial charge in [0.2, 0.25) is 0 Å². The zero-order valence-electron chi connectivity index (χ0n) is 10.1. The summed E-state index contributed by atoms with van der Waals surface area (Å²) in [5.41, 5.74) is -0.454. The third kappa shape index (κ3) is 2.88. The van der Waals surface area contributed by atoms with Gasteiger partial charge in [-0.1, -0.05) is 6.07 Å². The third-order valence-electron chi connectivity index (χ3n) is 2.95. The lowest BCUT2D eigenvalue weighted by atomic mass is 10.0. The first kappa shape index (κ1) is 13.3. The fraction of sp³-hybridized carbons (Fsp3) is 0.417. The Labute approximate surface area is 99.9 Å². The molecule has 0 aliphatic heterocycles. The maximum Gasteiger partial charge on any atom is 0.323 e. The van der Waals surface area contributed by atoms with Crippen LogP contribution < -0.4 is 0 Å². The molecule has 0 atom stereocenters. The Morgan fingerprint density at radius 1 is 1.35 bits per heavy atom. The smallest absolute Gasteiger partial charge is 0.323 e. The van der Waals surface area contributed by atoms with Gasteiger partial charge in [0.1, 0.15) is 17.0 Å². The highest BCUT2D eigenvalue weighted by Gasteiger charge is 2.32. The zero-order valence-corrected chi connectivity index (χ0v) is 10.1. The summed E-state index contributed by atoms with van der Waals surface area (Å²) >= 11 is 0. The number of aliphatic carboxylic acids is 1. The van der Waals surface area contributed by atoms with Crippen LogP contribution in [-0.4, -0.2) is 38.8 Å². The molecular weight excluding hydrogens is 222 g/mol. The van der Waals surface area contributed by atoms with Crippen molar-refractivity contribution in [2.75, 3.05) is 7.05 Å². The van der Waals surface area contributed by atoms with Crippen molar-refractivity contribution in [3.05, 3.63) is 23.8 Å². The number of phenolic OH excluding ortho intramolecular Hbond substituents is 2. The van der Waals surface area contributed by atoms with Crippen LogP contribution >= 0.6 is 0 Å². The van der Waals surface area contributed by atoms with E-state index >= 15 is 0 Å². The molecule has 3 N–H and O–H groups in total. The number of rotatable bonds is 4. The minimum absolute atomic E-state index is 0.0219. The van der Waals surface area contributed by atoms with Crippen LogP contribution in [0.4, 0.5) is 0 Å². The van der Waals surface area contributed by atoms with Crippen LogP contribution in [0.15, 0.2) is 18.2 Å². The molecule has 0 saturated heterocycles. The van der Waals surface area contributed by atoms with E-state index in [1.165, 1.54) is 12.1 Å². The fourth-order valence-corrected chi connectivity index (χ4v) is 1.30. The lowest BCUT2D eigenvalue weighted by Crippen LogP contribution is -2.47. The summed E-state index contributed by atoms with van der Waals surface area (Å²) < 4.78 is 0. The minimum atomic E-state index is -1.02. The van der Waals surface area contributed by atoms with E-state index in [0.29, 0.717) is 5.56 Å². The Morgan fingerprint density at radius 2 is 1.94 bits per heavy atom. The molecule has 0 aromatic heterocycles. The molecule has 0 fully saturated rings. The Kier molecular flexibility index (Phi) is 3.63. The van der Waals surface area contributed by atoms with Gasteiger partial charge in [-0.2, -0.15) is 0 Å². The van der Waals surface area contributed by atoms with E-state index in [1.807, 2.05) is 0 Å². The summed E-state index contributed by atoms with van der Waals surface area (Å²) in [6, 6.07) is 4.26. The van der Waals surface area contributed by atoms with Gasteiger partial charge in [0.05, 0.1) is 0 Å². The average Bonchev–Trinajstić information content (AvgIpc) is 2.21. The number of benzene rings is 1. The van der Waals surface area contributed by atoms with Gasteiger partial charge in [0.15, 0.2) is 0 Å². The van der Waals surface area contributed by atoms with E-state index in [9.17, 15) is 9.90 Å². The first-order valence-corrected chi connectivity index (χ1v) is 5.20. The minimum Gasteiger partial charge on any atom is -0.508 e. The molecule has 0 amide bonds. The van der Waals surface area contributed by atoms with Crippen molar-refractivity contribution in [1.82, 2.24) is 4.90 Å². The Morgan fingerprint density at radius 3 is 2.41 bits per heavy atom. The van der Waals surface area contributed by atoms with E-state index in [4.69, 9.17) is 10.2 Å². The van der Waals surface area contributed by atoms with Crippen molar-refractivity contribution >= 4 is 5.97 Å². The van der Waals surface area contributed by atoms with Gasteiger partial charge in [-0.25, -0.2) is 0 Å². The zero-order chi connectivity index (χ0) is 13.2. The summed E-state index contributed by atoms with van der Waals surface area (Å²) in [5.74, 6) is -0.997. The molecule has 1 aromatic rings. The second kappa shape index (κ2) is 4.63. The lowest BCUT2D eigenvalue weighted by Gasteiger charge is -2.31. The van der Waals surface area contributed by atoms with Crippen molar-refractivity contribution in [2.45, 2.75) is 25.9 Å². The molecule has 0 aliphatic carbocycles. The number of nitrogens with zero attached hydrogens (tertiary/aromatic N) is 1. The molecule has 5 heteroatoms. The Hall–Kier alpha value is -1.75. The molecule has 0 bridgehead atoms. The average molecular weight is 239 g/mol. The van der Waals surface area contributed by atoms with Crippen LogP contribution in [0.25, 0.3) is 0 Å². The van der Waals surface area contributed by atoms with Gasteiger partial charge in [-0.3, -0.25) is 9.69 Å². The number of carboxylic acids is 1. The number of carbonyl (C=O) groups is 1. The molecule has 0 radical (unpaired) electrons. The SMILES string of the molecule is CN(Cc1ccc(O)cc1O)C(C)(C)C(=O)O. The van der Waals surface area contributed by atoms with Gasteiger partial charge >= 0.3 is 5.97 Å². The number of hydrogen-bond acceptors (Lipinski definition) is 4. The maximum absolute atomic E-state index is 11.0. The molecule has 0 saturated carbocycles. The molecule has 1 aromatic carbocycles. The van der Waals surface area contributed by atoms with E-state index in [-0.39, 0.29) is 18.0 Å². The first-order valence-electron chi connectivity index (χ1n) is 5.20. The number of phenols is 2. The second-order valence-corrected chi connectivity index (χ2v) is 4.53. The molecule has 5 nitrogen and oxygen atoms in total. The normalized spacial score (nSPS) is 11.8. The second-order valence-electron chi connectivity index (χ2n) is 4.53. The van der Waals surface area contributed by atoms with E-state index in [1.54, 1.807) is 31.9 Å². The van der Waals surface area contributed by atoms with Crippen LogP contribution in [0.2, 0.25) is 0 Å². The number of carboxylic acid groups (broad SMARTS) is 1. The van der Waals surface area contributed by atoms with Crippen LogP contribution in [0.3, 0.4) is 0 Å². The molecule has 0 aliphatic rings. The quantitative estimate of drug-likeness (QED) is 0.739. The summed E-state index contributed by atoms with van der Waals surface area (Å²) in [6.07, 6.45) is 0. The predicted octanol–water partition coefficient (Wildman–Crippen LogP) is 1.39. The van der Waals surface area contributed by atoms with Crippen molar-refractivity contribution in [3.63, 3.8) is 0 Å². The summed E-state index contributed by atoms with van der Waals surface area (Å²) in [7, 11) is 1.67. The third-order valence-corrected chi connectivity index (χ3v) is 2.95. The Bertz CT molecular complexity index is 429. The maximum atomic E-state index is 11.0. The largest absolute Gasteiger partial charge is 0.508 e. The summed E-state index contributed by atoms with van der Waals surface area (Å²) in [4.78, 5) is 12.7. The highest BCUT2D eigenvalue weighted by atomic mass is 16.4. The van der Waals surface area contributed by atoms with Crippen LogP contribution in [0, 0.1) is 0 Å². The molecule has 0 spiro atoms. The van der Waals surface area contributed by atoms with Gasteiger partial charge < -0.3 is 15.3 Å². The van der Waals surface area contributed by atoms with Crippen LogP contribution in [0.5, 0.6) is 11.5 Å². The number of hydrogen-bond donors (Lipinski definition) is 3. The number of likely N-dealkylation sites (N-methyl/N-ethyl adjacent to an activating group) is 1. The van der Waals surface area contributed by atoms with Crippen LogP contribution in [-0.2, 0) is 11.3 Å². The summed E-state index contributed by atoms with van der Waals surface area (Å²) in [5, 5.41) is 27.8. The van der Waals surface area contributed by atoms with Gasteiger partial charge in [-0.05, 0) is 27.0 Å². The lowest BCUT2D eigenvalue weighted by molar-refractivity contribution is -0.148. The fourth-order valence-electron chi connectivity index (χ4n) is 1.30. The monoisotopic (exact) mass is 239 g/mol. The van der Waals surface area contributed by atoms with Crippen molar-refractivity contribution in [1.29, 1.82) is 0 Å². The van der Waals surface area contributed by atoms with Gasteiger partial charge in [-0.15, -0.1) is 0 Å². The highest BCUT2D eigenvalue weighted by molar-refractivity contribution is 5.77. The molecule has 17 heavy (non-hydrogen) atoms. The van der Waals surface area contributed by atoms with Gasteiger partial charge in [0.25, 0.3) is 0 Å². The molecule has 0 unspecified atom stereocenters. The molecular formula is C12H17NO4. The highest BCUT2D eigenvalue weighted by Crippen LogP contribution is 2.25. The standard InChI is InChI=1S/C12H17NO4/c1-12(2,11(16)17)13(3)7-8-4-5-9(14)6-10(8)15/h4-6,14-15H,7H2,1-3H3,(H,16,17). The topological polar surface area (TPSA) is 81.0 Å². The predicted molar refractivity (Wildman–Crippen MR) is 63.0 cm³/mol. The summed E-state index contributed by atoms with van der Waals surface area (Å²) in [6.45, 7) is 3.46. The van der Waals surface area contributed by atoms with Crippen molar-refractivity contribution < 1.29 is 20.1 Å².